The predicted octanol–water partition coefficient (Wildman–Crippen LogP) is 2.35. The van der Waals surface area contributed by atoms with E-state index in [0.29, 0.717) is 18.7 Å². The van der Waals surface area contributed by atoms with Gasteiger partial charge in [-0.15, -0.1) is 0 Å². The van der Waals surface area contributed by atoms with Gasteiger partial charge in [-0.2, -0.15) is 5.10 Å². The van der Waals surface area contributed by atoms with Gasteiger partial charge in [0.05, 0.1) is 23.4 Å². The van der Waals surface area contributed by atoms with Crippen LogP contribution in [0.15, 0.2) is 12.4 Å². The van der Waals surface area contributed by atoms with Crippen LogP contribution in [0.2, 0.25) is 0 Å². The Morgan fingerprint density at radius 3 is 3.06 bits per heavy atom. The van der Waals surface area contributed by atoms with E-state index < -0.39 is 0 Å². The highest BCUT2D eigenvalue weighted by Crippen LogP contribution is 2.08. The highest BCUT2D eigenvalue weighted by molar-refractivity contribution is 9.10. The molecule has 0 aliphatic rings. The van der Waals surface area contributed by atoms with Gasteiger partial charge in [-0.3, -0.25) is 13.9 Å². The van der Waals surface area contributed by atoms with Crippen LogP contribution >= 0.6 is 15.9 Å². The Labute approximate surface area is 102 Å². The SMILES string of the molecule is C[C@@H](Br)C(=O)Nc1cnn(CCCCF)c1. The molecule has 1 aromatic rings. The van der Waals surface area contributed by atoms with E-state index in [2.05, 4.69) is 26.3 Å². The van der Waals surface area contributed by atoms with Gasteiger partial charge in [-0.25, -0.2) is 0 Å². The average Bonchev–Trinajstić information content (AvgIpc) is 2.66. The van der Waals surface area contributed by atoms with E-state index >= 15 is 0 Å². The normalized spacial score (nSPS) is 12.4. The van der Waals surface area contributed by atoms with E-state index in [9.17, 15) is 9.18 Å². The highest BCUT2D eigenvalue weighted by Gasteiger charge is 2.09. The molecule has 16 heavy (non-hydrogen) atoms. The molecule has 1 amide bonds. The smallest absolute Gasteiger partial charge is 0.237 e. The van der Waals surface area contributed by atoms with Gasteiger partial charge in [0, 0.05) is 12.7 Å². The second-order valence-electron chi connectivity index (χ2n) is 3.49. The Kier molecular flexibility index (Phi) is 5.45. The number of nitrogens with one attached hydrogen (secondary N) is 1. The fraction of sp³-hybridized carbons (Fsp3) is 0.600. The Morgan fingerprint density at radius 1 is 1.69 bits per heavy atom. The topological polar surface area (TPSA) is 46.9 Å². The predicted molar refractivity (Wildman–Crippen MR) is 64.5 cm³/mol. The Hall–Kier alpha value is -0.910. The molecule has 4 nitrogen and oxygen atoms in total. The third kappa shape index (κ3) is 4.30. The summed E-state index contributed by atoms with van der Waals surface area (Å²) < 4.78 is 13.6. The number of rotatable bonds is 6. The number of carbonyl (C=O) groups is 1. The minimum atomic E-state index is -0.300. The van der Waals surface area contributed by atoms with Crippen molar-refractivity contribution in [2.24, 2.45) is 0 Å². The highest BCUT2D eigenvalue weighted by atomic mass is 79.9. The number of hydrogen-bond donors (Lipinski definition) is 1. The van der Waals surface area contributed by atoms with Crippen molar-refractivity contribution in [2.45, 2.75) is 31.1 Å². The first-order chi connectivity index (χ1) is 7.63. The van der Waals surface area contributed by atoms with Crippen LogP contribution in [0.1, 0.15) is 19.8 Å². The largest absolute Gasteiger partial charge is 0.322 e. The summed E-state index contributed by atoms with van der Waals surface area (Å²) in [7, 11) is 0. The molecule has 1 N–H and O–H groups in total. The summed E-state index contributed by atoms with van der Waals surface area (Å²) in [6.07, 6.45) is 4.62. The lowest BCUT2D eigenvalue weighted by Gasteiger charge is -2.03. The first-order valence-corrected chi connectivity index (χ1v) is 6.08. The lowest BCUT2D eigenvalue weighted by Crippen LogP contribution is -2.19. The third-order valence-corrected chi connectivity index (χ3v) is 2.45. The van der Waals surface area contributed by atoms with Crippen LogP contribution in [-0.4, -0.2) is 27.2 Å². The molecule has 0 spiro atoms. The summed E-state index contributed by atoms with van der Waals surface area (Å²) in [5, 5.41) is 6.77. The van der Waals surface area contributed by atoms with Gasteiger partial charge in [0.2, 0.25) is 5.91 Å². The number of aromatic nitrogens is 2. The summed E-state index contributed by atoms with van der Waals surface area (Å²) in [6.45, 7) is 2.12. The van der Waals surface area contributed by atoms with E-state index in [1.807, 2.05) is 0 Å². The van der Waals surface area contributed by atoms with E-state index in [0.717, 1.165) is 6.42 Å². The standard InChI is InChI=1S/C10H15BrFN3O/c1-8(11)10(16)14-9-6-13-15(7-9)5-3-2-4-12/h6-8H,2-5H2,1H3,(H,14,16)/t8-/m1/s1. The molecule has 0 aliphatic heterocycles. The molecular weight excluding hydrogens is 277 g/mol. The zero-order valence-corrected chi connectivity index (χ0v) is 10.7. The zero-order chi connectivity index (χ0) is 12.0. The monoisotopic (exact) mass is 291 g/mol. The summed E-state index contributed by atoms with van der Waals surface area (Å²) in [6, 6.07) is 0. The Bertz CT molecular complexity index is 341. The number of aryl methyl sites for hydroxylation is 1. The molecule has 0 saturated carbocycles. The van der Waals surface area contributed by atoms with E-state index in [1.165, 1.54) is 0 Å². The van der Waals surface area contributed by atoms with Crippen molar-refractivity contribution < 1.29 is 9.18 Å². The van der Waals surface area contributed by atoms with Crippen molar-refractivity contribution in [1.82, 2.24) is 9.78 Å². The Morgan fingerprint density at radius 2 is 2.44 bits per heavy atom. The number of hydrogen-bond acceptors (Lipinski definition) is 2. The van der Waals surface area contributed by atoms with Gasteiger partial charge in [-0.05, 0) is 19.8 Å². The van der Waals surface area contributed by atoms with Crippen LogP contribution < -0.4 is 5.32 Å². The van der Waals surface area contributed by atoms with E-state index in [4.69, 9.17) is 0 Å². The summed E-state index contributed by atoms with van der Waals surface area (Å²) in [5.41, 5.74) is 0.663. The van der Waals surface area contributed by atoms with Gasteiger partial charge >= 0.3 is 0 Å². The molecule has 1 atom stereocenters. The Balaban J connectivity index is 2.42. The molecule has 0 aromatic carbocycles. The molecule has 6 heteroatoms. The molecule has 1 heterocycles. The molecule has 1 rings (SSSR count). The first kappa shape index (κ1) is 13.2. The van der Waals surface area contributed by atoms with Gasteiger partial charge < -0.3 is 5.32 Å². The molecule has 0 fully saturated rings. The molecule has 0 saturated heterocycles. The minimum absolute atomic E-state index is 0.108. The number of carbonyl (C=O) groups excluding carboxylic acids is 1. The maximum Gasteiger partial charge on any atom is 0.237 e. The quantitative estimate of drug-likeness (QED) is 0.646. The third-order valence-electron chi connectivity index (χ3n) is 2.03. The van der Waals surface area contributed by atoms with Crippen LogP contribution in [0.4, 0.5) is 10.1 Å². The van der Waals surface area contributed by atoms with E-state index in [1.54, 1.807) is 24.0 Å². The van der Waals surface area contributed by atoms with Gasteiger partial charge in [-0.1, -0.05) is 15.9 Å². The van der Waals surface area contributed by atoms with Gasteiger partial charge in [0.15, 0.2) is 0 Å². The lowest BCUT2D eigenvalue weighted by atomic mass is 10.3. The van der Waals surface area contributed by atoms with Crippen LogP contribution in [0.5, 0.6) is 0 Å². The van der Waals surface area contributed by atoms with Crippen molar-refractivity contribution >= 4 is 27.5 Å². The maximum atomic E-state index is 11.9. The number of halogens is 2. The molecule has 0 unspecified atom stereocenters. The molecule has 90 valence electrons. The average molecular weight is 292 g/mol. The van der Waals surface area contributed by atoms with Crippen molar-refractivity contribution in [3.63, 3.8) is 0 Å². The van der Waals surface area contributed by atoms with Crippen LogP contribution in [0, 0.1) is 0 Å². The number of alkyl halides is 2. The number of amides is 1. The molecule has 0 radical (unpaired) electrons. The molecule has 1 aromatic heterocycles. The zero-order valence-electron chi connectivity index (χ0n) is 9.12. The minimum Gasteiger partial charge on any atom is -0.322 e. The first-order valence-electron chi connectivity index (χ1n) is 5.17. The fourth-order valence-electron chi connectivity index (χ4n) is 1.16. The van der Waals surface area contributed by atoms with Crippen molar-refractivity contribution in [3.8, 4) is 0 Å². The van der Waals surface area contributed by atoms with Crippen molar-refractivity contribution in [3.05, 3.63) is 12.4 Å². The van der Waals surface area contributed by atoms with E-state index in [-0.39, 0.29) is 17.4 Å². The fourth-order valence-corrected chi connectivity index (χ4v) is 1.27. The van der Waals surface area contributed by atoms with Gasteiger partial charge in [0.25, 0.3) is 0 Å². The maximum absolute atomic E-state index is 11.9. The molecule has 0 aliphatic carbocycles. The molecular formula is C10H15BrFN3O. The summed E-state index contributed by atoms with van der Waals surface area (Å²) in [4.78, 5) is 11.1. The number of anilines is 1. The second kappa shape index (κ2) is 6.62. The number of nitrogens with zero attached hydrogens (tertiary/aromatic N) is 2. The van der Waals surface area contributed by atoms with Crippen LogP contribution in [-0.2, 0) is 11.3 Å². The summed E-state index contributed by atoms with van der Waals surface area (Å²) in [5.74, 6) is -0.108. The summed E-state index contributed by atoms with van der Waals surface area (Å²) >= 11 is 3.17. The number of unbranched alkanes of at least 4 members (excludes halogenated alkanes) is 1. The van der Waals surface area contributed by atoms with Gasteiger partial charge in [0.1, 0.15) is 0 Å². The van der Waals surface area contributed by atoms with Crippen LogP contribution in [0.3, 0.4) is 0 Å². The van der Waals surface area contributed by atoms with Crippen LogP contribution in [0.25, 0.3) is 0 Å². The second-order valence-corrected chi connectivity index (χ2v) is 4.87. The lowest BCUT2D eigenvalue weighted by molar-refractivity contribution is -0.115. The van der Waals surface area contributed by atoms with Crippen molar-refractivity contribution in [1.29, 1.82) is 0 Å². The molecule has 0 bridgehead atoms. The van der Waals surface area contributed by atoms with Crippen molar-refractivity contribution in [2.75, 3.05) is 12.0 Å².